The summed E-state index contributed by atoms with van der Waals surface area (Å²) in [7, 11) is 1.71. The first-order valence-corrected chi connectivity index (χ1v) is 10.3. The molecule has 168 valence electrons. The number of nitro groups is 1. The molecule has 0 spiro atoms. The van der Waals surface area contributed by atoms with Crippen LogP contribution in [0.5, 0.6) is 0 Å². The summed E-state index contributed by atoms with van der Waals surface area (Å²) in [5.41, 5.74) is 0.694. The van der Waals surface area contributed by atoms with E-state index < -0.39 is 10.8 Å². The van der Waals surface area contributed by atoms with Crippen LogP contribution in [0.2, 0.25) is 0 Å². The number of aromatic amines is 1. The lowest BCUT2D eigenvalue weighted by molar-refractivity contribution is -0.384. The average Bonchev–Trinajstić information content (AvgIpc) is 3.36. The van der Waals surface area contributed by atoms with Gasteiger partial charge in [-0.25, -0.2) is 0 Å². The molecule has 0 saturated carbocycles. The zero-order valence-corrected chi connectivity index (χ0v) is 17.7. The Kier molecular flexibility index (Phi) is 7.42. The van der Waals surface area contributed by atoms with Crippen LogP contribution in [0.4, 0.5) is 11.4 Å². The number of nitrogens with zero attached hydrogens (tertiary/aromatic N) is 3. The van der Waals surface area contributed by atoms with Crippen molar-refractivity contribution in [3.63, 3.8) is 0 Å². The molecule has 2 aromatic rings. The van der Waals surface area contributed by atoms with Gasteiger partial charge >= 0.3 is 0 Å². The van der Waals surface area contributed by atoms with Crippen LogP contribution >= 0.6 is 0 Å². The van der Waals surface area contributed by atoms with E-state index in [-0.39, 0.29) is 17.3 Å². The molecule has 1 fully saturated rings. The summed E-state index contributed by atoms with van der Waals surface area (Å²) in [5, 5.41) is 16.3. The SMILES string of the molecule is CCCC1COCCN1CCNC(=O)c1cc(NC(=O)c2cc([N+](=O)[O-])c[nH]2)cn1C. The van der Waals surface area contributed by atoms with Gasteiger partial charge in [-0.15, -0.1) is 0 Å². The second kappa shape index (κ2) is 10.2. The molecule has 3 rings (SSSR count). The van der Waals surface area contributed by atoms with E-state index in [1.165, 1.54) is 0 Å². The third-order valence-corrected chi connectivity index (χ3v) is 5.27. The highest BCUT2D eigenvalue weighted by molar-refractivity contribution is 6.04. The molecule has 11 nitrogen and oxygen atoms in total. The summed E-state index contributed by atoms with van der Waals surface area (Å²) in [6, 6.07) is 3.11. The molecule has 2 amide bonds. The van der Waals surface area contributed by atoms with Crippen molar-refractivity contribution in [1.82, 2.24) is 19.8 Å². The van der Waals surface area contributed by atoms with Gasteiger partial charge < -0.3 is 24.9 Å². The minimum atomic E-state index is -0.584. The smallest absolute Gasteiger partial charge is 0.287 e. The van der Waals surface area contributed by atoms with E-state index in [1.54, 1.807) is 23.9 Å². The molecule has 0 bridgehead atoms. The second-order valence-corrected chi connectivity index (χ2v) is 7.52. The van der Waals surface area contributed by atoms with Crippen LogP contribution in [-0.2, 0) is 11.8 Å². The maximum Gasteiger partial charge on any atom is 0.287 e. The number of H-pyrrole nitrogens is 1. The van der Waals surface area contributed by atoms with E-state index in [9.17, 15) is 19.7 Å². The van der Waals surface area contributed by atoms with Gasteiger partial charge in [0.25, 0.3) is 17.5 Å². The highest BCUT2D eigenvalue weighted by atomic mass is 16.6. The third-order valence-electron chi connectivity index (χ3n) is 5.27. The van der Waals surface area contributed by atoms with Crippen LogP contribution < -0.4 is 10.6 Å². The molecule has 1 unspecified atom stereocenters. The number of carbonyl (C=O) groups excluding carboxylic acids is 2. The topological polar surface area (TPSA) is 135 Å². The number of rotatable bonds is 9. The van der Waals surface area contributed by atoms with E-state index in [1.807, 2.05) is 0 Å². The lowest BCUT2D eigenvalue weighted by Gasteiger charge is -2.35. The van der Waals surface area contributed by atoms with Crippen LogP contribution in [0.25, 0.3) is 0 Å². The number of nitrogens with one attached hydrogen (secondary N) is 3. The highest BCUT2D eigenvalue weighted by Crippen LogP contribution is 2.17. The van der Waals surface area contributed by atoms with Crippen molar-refractivity contribution in [2.24, 2.45) is 7.05 Å². The highest BCUT2D eigenvalue weighted by Gasteiger charge is 2.22. The van der Waals surface area contributed by atoms with E-state index in [0.717, 1.165) is 44.8 Å². The number of anilines is 1. The zero-order valence-electron chi connectivity index (χ0n) is 17.7. The van der Waals surface area contributed by atoms with Crippen LogP contribution in [0.15, 0.2) is 24.5 Å². The van der Waals surface area contributed by atoms with Crippen LogP contribution in [0.1, 0.15) is 40.7 Å². The molecule has 0 aliphatic carbocycles. The Balaban J connectivity index is 1.54. The van der Waals surface area contributed by atoms with Crippen molar-refractivity contribution in [3.05, 3.63) is 46.0 Å². The van der Waals surface area contributed by atoms with Crippen LogP contribution in [-0.4, -0.2) is 70.1 Å². The number of morpholine rings is 1. The van der Waals surface area contributed by atoms with E-state index in [0.29, 0.717) is 30.6 Å². The number of amides is 2. The van der Waals surface area contributed by atoms with Crippen molar-refractivity contribution in [2.75, 3.05) is 38.2 Å². The molecule has 0 aromatic carbocycles. The molecule has 1 saturated heterocycles. The fourth-order valence-electron chi connectivity index (χ4n) is 3.66. The molecule has 0 radical (unpaired) electrons. The van der Waals surface area contributed by atoms with Crippen molar-refractivity contribution < 1.29 is 19.2 Å². The Morgan fingerprint density at radius 1 is 1.35 bits per heavy atom. The third kappa shape index (κ3) is 5.70. The molecular formula is C20H28N6O5. The summed E-state index contributed by atoms with van der Waals surface area (Å²) < 4.78 is 7.18. The number of hydrogen-bond acceptors (Lipinski definition) is 6. The number of aryl methyl sites for hydroxylation is 1. The number of carbonyl (C=O) groups is 2. The first-order chi connectivity index (χ1) is 14.9. The Morgan fingerprint density at radius 2 is 2.16 bits per heavy atom. The number of aromatic nitrogens is 2. The first kappa shape index (κ1) is 22.5. The maximum atomic E-state index is 12.6. The minimum absolute atomic E-state index is 0.0636. The standard InChI is InChI=1S/C20H28N6O5/c1-3-4-15-13-31-8-7-25(15)6-5-21-20(28)18-9-14(12-24(18)2)23-19(27)17-10-16(11-22-17)26(29)30/h9-12,15,22H,3-8,13H2,1-2H3,(H,21,28)(H,23,27). The second-order valence-electron chi connectivity index (χ2n) is 7.52. The van der Waals surface area contributed by atoms with Gasteiger partial charge in [0.1, 0.15) is 11.4 Å². The average molecular weight is 432 g/mol. The lowest BCUT2D eigenvalue weighted by Crippen LogP contribution is -2.48. The zero-order chi connectivity index (χ0) is 22.4. The van der Waals surface area contributed by atoms with Gasteiger partial charge in [0, 0.05) is 45.0 Å². The Hall–Kier alpha value is -3.18. The van der Waals surface area contributed by atoms with Gasteiger partial charge in [0.2, 0.25) is 0 Å². The van der Waals surface area contributed by atoms with Crippen molar-refractivity contribution >= 4 is 23.2 Å². The normalized spacial score (nSPS) is 16.8. The molecule has 11 heteroatoms. The van der Waals surface area contributed by atoms with Crippen molar-refractivity contribution in [3.8, 4) is 0 Å². The molecule has 3 N–H and O–H groups in total. The van der Waals surface area contributed by atoms with Crippen LogP contribution in [0.3, 0.4) is 0 Å². The number of ether oxygens (including phenoxy) is 1. The van der Waals surface area contributed by atoms with Gasteiger partial charge in [-0.2, -0.15) is 0 Å². The monoisotopic (exact) mass is 432 g/mol. The van der Waals surface area contributed by atoms with Crippen LogP contribution in [0, 0.1) is 10.1 Å². The minimum Gasteiger partial charge on any atom is -0.378 e. The molecule has 31 heavy (non-hydrogen) atoms. The number of hydrogen-bond donors (Lipinski definition) is 3. The Labute approximate surface area is 179 Å². The van der Waals surface area contributed by atoms with E-state index >= 15 is 0 Å². The first-order valence-electron chi connectivity index (χ1n) is 10.3. The van der Waals surface area contributed by atoms with Gasteiger partial charge in [-0.3, -0.25) is 24.6 Å². The lowest BCUT2D eigenvalue weighted by atomic mass is 10.1. The van der Waals surface area contributed by atoms with Gasteiger partial charge in [0.05, 0.1) is 30.0 Å². The molecular weight excluding hydrogens is 404 g/mol. The summed E-state index contributed by atoms with van der Waals surface area (Å²) in [5.74, 6) is -0.765. The van der Waals surface area contributed by atoms with Gasteiger partial charge in [0.15, 0.2) is 0 Å². The molecule has 1 atom stereocenters. The van der Waals surface area contributed by atoms with Crippen molar-refractivity contribution in [2.45, 2.75) is 25.8 Å². The quantitative estimate of drug-likeness (QED) is 0.408. The molecule has 1 aliphatic rings. The fraction of sp³-hybridized carbons (Fsp3) is 0.500. The molecule has 3 heterocycles. The predicted molar refractivity (Wildman–Crippen MR) is 114 cm³/mol. The summed E-state index contributed by atoms with van der Waals surface area (Å²) in [4.78, 5) is 40.0. The Bertz CT molecular complexity index is 934. The largest absolute Gasteiger partial charge is 0.378 e. The molecule has 2 aromatic heterocycles. The van der Waals surface area contributed by atoms with E-state index in [2.05, 4.69) is 27.4 Å². The van der Waals surface area contributed by atoms with Gasteiger partial charge in [-0.05, 0) is 12.5 Å². The molecule has 1 aliphatic heterocycles. The van der Waals surface area contributed by atoms with Crippen molar-refractivity contribution in [1.29, 1.82) is 0 Å². The maximum absolute atomic E-state index is 12.6. The van der Waals surface area contributed by atoms with E-state index in [4.69, 9.17) is 4.74 Å². The summed E-state index contributed by atoms with van der Waals surface area (Å²) in [6.07, 6.45) is 4.92. The van der Waals surface area contributed by atoms with Gasteiger partial charge in [-0.1, -0.05) is 13.3 Å². The summed E-state index contributed by atoms with van der Waals surface area (Å²) in [6.45, 7) is 5.71. The fourth-order valence-corrected chi connectivity index (χ4v) is 3.66. The predicted octanol–water partition coefficient (Wildman–Crippen LogP) is 1.74. The summed E-state index contributed by atoms with van der Waals surface area (Å²) >= 11 is 0. The Morgan fingerprint density at radius 3 is 2.87 bits per heavy atom.